The fraction of sp³-hybridized carbons (Fsp3) is 0.486. The van der Waals surface area contributed by atoms with Gasteiger partial charge in [-0.1, -0.05) is 42.5 Å². The SMILES string of the molecule is COc1ccc(CN2CC(C(F)(F)F)C2)c(OC)c1-c1cccc2c(C[C@H](NC(=O)C3(C(F)(F)F)CCN(CC(F)(F)F)CC3)C(=O)O)cccc12. The normalized spacial score (nSPS) is 18.1. The molecule has 0 radical (unpaired) electrons. The highest BCUT2D eigenvalue weighted by Gasteiger charge is 2.61. The lowest BCUT2D eigenvalue weighted by Crippen LogP contribution is -2.59. The molecular formula is C35H36F9N3O5. The quantitative estimate of drug-likeness (QED) is 0.208. The van der Waals surface area contributed by atoms with E-state index in [-0.39, 0.29) is 19.6 Å². The van der Waals surface area contributed by atoms with E-state index in [4.69, 9.17) is 9.47 Å². The van der Waals surface area contributed by atoms with Crippen LogP contribution in [0.5, 0.6) is 11.5 Å². The van der Waals surface area contributed by atoms with Gasteiger partial charge >= 0.3 is 24.5 Å². The molecule has 3 aromatic carbocycles. The van der Waals surface area contributed by atoms with E-state index >= 15 is 0 Å². The first kappa shape index (κ1) is 39.0. The fourth-order valence-corrected chi connectivity index (χ4v) is 7.01. The molecule has 0 bridgehead atoms. The van der Waals surface area contributed by atoms with Gasteiger partial charge in [-0.05, 0) is 53.9 Å². The number of halogens is 9. The summed E-state index contributed by atoms with van der Waals surface area (Å²) >= 11 is 0. The minimum absolute atomic E-state index is 0.155. The van der Waals surface area contributed by atoms with Crippen LogP contribution in [0.25, 0.3) is 21.9 Å². The van der Waals surface area contributed by atoms with Gasteiger partial charge < -0.3 is 19.9 Å². The highest BCUT2D eigenvalue weighted by Crippen LogP contribution is 2.48. The van der Waals surface area contributed by atoms with Crippen molar-refractivity contribution < 1.29 is 63.7 Å². The molecule has 2 fully saturated rings. The number of carboxylic acids is 1. The number of ether oxygens (including phenoxy) is 2. The van der Waals surface area contributed by atoms with Gasteiger partial charge in [0.1, 0.15) is 23.0 Å². The molecule has 2 aliphatic rings. The number of carbonyl (C=O) groups is 2. The van der Waals surface area contributed by atoms with Crippen molar-refractivity contribution in [1.82, 2.24) is 15.1 Å². The van der Waals surface area contributed by atoms with E-state index in [0.29, 0.717) is 44.5 Å². The largest absolute Gasteiger partial charge is 0.496 e. The molecule has 1 atom stereocenters. The number of hydrogen-bond acceptors (Lipinski definition) is 6. The van der Waals surface area contributed by atoms with Crippen molar-refractivity contribution in [1.29, 1.82) is 0 Å². The zero-order valence-corrected chi connectivity index (χ0v) is 28.0. The lowest BCUT2D eigenvalue weighted by Gasteiger charge is -2.42. The van der Waals surface area contributed by atoms with E-state index in [1.54, 1.807) is 53.4 Å². The monoisotopic (exact) mass is 749 g/mol. The van der Waals surface area contributed by atoms with E-state index in [9.17, 15) is 54.2 Å². The van der Waals surface area contributed by atoms with E-state index in [1.165, 1.54) is 14.2 Å². The van der Waals surface area contributed by atoms with Crippen molar-refractivity contribution >= 4 is 22.6 Å². The van der Waals surface area contributed by atoms with Gasteiger partial charge in [0, 0.05) is 31.6 Å². The van der Waals surface area contributed by atoms with Crippen LogP contribution < -0.4 is 14.8 Å². The Hall–Kier alpha value is -4.25. The predicted molar refractivity (Wildman–Crippen MR) is 171 cm³/mol. The number of nitrogens with zero attached hydrogens (tertiary/aromatic N) is 2. The molecule has 17 heteroatoms. The second kappa shape index (κ2) is 14.6. The van der Waals surface area contributed by atoms with Gasteiger partial charge in [0.15, 0.2) is 0 Å². The highest BCUT2D eigenvalue weighted by atomic mass is 19.4. The first-order chi connectivity index (χ1) is 24.3. The van der Waals surface area contributed by atoms with Crippen molar-refractivity contribution in [2.24, 2.45) is 11.3 Å². The summed E-state index contributed by atoms with van der Waals surface area (Å²) < 4.78 is 133. The number of hydrogen-bond donors (Lipinski definition) is 2. The zero-order valence-electron chi connectivity index (χ0n) is 28.0. The number of methoxy groups -OCH3 is 2. The predicted octanol–water partition coefficient (Wildman–Crippen LogP) is 6.84. The number of carbonyl (C=O) groups excluding carboxylic acids is 1. The van der Waals surface area contributed by atoms with Gasteiger partial charge in [-0.3, -0.25) is 14.6 Å². The molecule has 0 spiro atoms. The van der Waals surface area contributed by atoms with Crippen molar-refractivity contribution in [3.8, 4) is 22.6 Å². The molecule has 5 rings (SSSR count). The lowest BCUT2D eigenvalue weighted by atomic mass is 9.76. The van der Waals surface area contributed by atoms with Crippen LogP contribution in [0, 0.1) is 11.3 Å². The Balaban J connectivity index is 1.44. The molecule has 2 aliphatic heterocycles. The van der Waals surface area contributed by atoms with Crippen molar-refractivity contribution in [3.05, 3.63) is 59.7 Å². The van der Waals surface area contributed by atoms with Crippen LogP contribution in [0.3, 0.4) is 0 Å². The molecule has 8 nitrogen and oxygen atoms in total. The third-order valence-electron chi connectivity index (χ3n) is 9.84. The molecule has 2 heterocycles. The summed E-state index contributed by atoms with van der Waals surface area (Å²) in [6.45, 7) is -2.97. The van der Waals surface area contributed by atoms with Crippen LogP contribution in [0.1, 0.15) is 24.0 Å². The summed E-state index contributed by atoms with van der Waals surface area (Å²) in [6.07, 6.45) is -16.5. The van der Waals surface area contributed by atoms with E-state index in [0.717, 1.165) is 4.90 Å². The number of rotatable bonds is 11. The highest BCUT2D eigenvalue weighted by molar-refractivity contribution is 6.01. The summed E-state index contributed by atoms with van der Waals surface area (Å²) in [6, 6.07) is 11.4. The topological polar surface area (TPSA) is 91.3 Å². The fourth-order valence-electron chi connectivity index (χ4n) is 7.01. The summed E-state index contributed by atoms with van der Waals surface area (Å²) in [4.78, 5) is 28.1. The third-order valence-corrected chi connectivity index (χ3v) is 9.84. The number of aliphatic carboxylic acids is 1. The molecule has 0 aromatic heterocycles. The van der Waals surface area contributed by atoms with Crippen molar-refractivity contribution in [2.75, 3.05) is 46.9 Å². The first-order valence-electron chi connectivity index (χ1n) is 16.2. The molecule has 52 heavy (non-hydrogen) atoms. The Kier molecular flexibility index (Phi) is 11.0. The molecule has 2 saturated heterocycles. The smallest absolute Gasteiger partial charge is 0.403 e. The second-order valence-corrected chi connectivity index (χ2v) is 13.1. The summed E-state index contributed by atoms with van der Waals surface area (Å²) in [5.74, 6) is -3.98. The van der Waals surface area contributed by atoms with Gasteiger partial charge in [-0.15, -0.1) is 0 Å². The van der Waals surface area contributed by atoms with Gasteiger partial charge in [0.2, 0.25) is 5.91 Å². The number of likely N-dealkylation sites (tertiary alicyclic amines) is 2. The zero-order chi connectivity index (χ0) is 38.2. The Bertz CT molecular complexity index is 1780. The maximum Gasteiger partial charge on any atom is 0.403 e. The summed E-state index contributed by atoms with van der Waals surface area (Å²) in [7, 11) is 2.83. The third kappa shape index (κ3) is 8.04. The molecule has 3 aromatic rings. The Morgan fingerprint density at radius 1 is 0.865 bits per heavy atom. The number of amides is 1. The van der Waals surface area contributed by atoms with Crippen LogP contribution in [0.4, 0.5) is 39.5 Å². The van der Waals surface area contributed by atoms with E-state index < -0.39 is 86.7 Å². The van der Waals surface area contributed by atoms with Crippen LogP contribution in [-0.2, 0) is 22.6 Å². The van der Waals surface area contributed by atoms with Crippen LogP contribution >= 0.6 is 0 Å². The molecule has 0 aliphatic carbocycles. The first-order valence-corrected chi connectivity index (χ1v) is 16.2. The van der Waals surface area contributed by atoms with Gasteiger partial charge in [-0.2, -0.15) is 39.5 Å². The standard InChI is InChI=1S/C35H36F9N3O5/c1-51-27-10-9-21(16-47-17-22(18-47)34(39,40)41)29(52-2)28(27)25-8-4-6-23-20(5-3-7-24(23)25)15-26(30(48)49)45-31(50)32(35(42,43)44)11-13-46(14-12-32)19-33(36,37)38/h3-10,22,26H,11-19H2,1-2H3,(H,45,50)(H,48,49)/t26-/m0/s1. The van der Waals surface area contributed by atoms with Gasteiger partial charge in [0.05, 0.1) is 32.2 Å². The number of piperidine rings is 1. The van der Waals surface area contributed by atoms with Crippen molar-refractivity contribution in [2.45, 2.75) is 50.4 Å². The molecular weight excluding hydrogens is 713 g/mol. The maximum atomic E-state index is 14.4. The van der Waals surface area contributed by atoms with Gasteiger partial charge in [0.25, 0.3) is 0 Å². The molecule has 0 unspecified atom stereocenters. The minimum atomic E-state index is -5.17. The van der Waals surface area contributed by atoms with Crippen LogP contribution in [0.15, 0.2) is 48.5 Å². The van der Waals surface area contributed by atoms with Crippen molar-refractivity contribution in [3.63, 3.8) is 0 Å². The number of benzene rings is 3. The van der Waals surface area contributed by atoms with E-state index in [1.807, 2.05) is 5.32 Å². The van der Waals surface area contributed by atoms with Crippen LogP contribution in [0.2, 0.25) is 0 Å². The average Bonchev–Trinajstić information content (AvgIpc) is 3.03. The number of carboxylic acid groups (broad SMARTS) is 1. The number of fused-ring (bicyclic) bond motifs is 1. The molecule has 284 valence electrons. The Morgan fingerprint density at radius 2 is 1.50 bits per heavy atom. The minimum Gasteiger partial charge on any atom is -0.496 e. The Labute approximate surface area is 292 Å². The van der Waals surface area contributed by atoms with Gasteiger partial charge in [-0.25, -0.2) is 4.79 Å². The average molecular weight is 750 g/mol. The number of alkyl halides is 9. The molecule has 0 saturated carbocycles. The summed E-state index contributed by atoms with van der Waals surface area (Å²) in [5.41, 5.74) is -1.14. The maximum absolute atomic E-state index is 14.4. The molecule has 2 N–H and O–H groups in total. The molecule has 1 amide bonds. The lowest BCUT2D eigenvalue weighted by molar-refractivity contribution is -0.236. The number of nitrogens with one attached hydrogen (secondary N) is 1. The van der Waals surface area contributed by atoms with E-state index in [2.05, 4.69) is 0 Å². The Morgan fingerprint density at radius 3 is 2.06 bits per heavy atom. The summed E-state index contributed by atoms with van der Waals surface area (Å²) in [5, 5.41) is 13.1. The second-order valence-electron chi connectivity index (χ2n) is 13.1. The van der Waals surface area contributed by atoms with Crippen LogP contribution in [-0.4, -0.2) is 98.3 Å².